The van der Waals surface area contributed by atoms with E-state index in [2.05, 4.69) is 18.4 Å². The van der Waals surface area contributed by atoms with Crippen LogP contribution in [-0.4, -0.2) is 35.0 Å². The van der Waals surface area contributed by atoms with E-state index in [1.165, 1.54) is 10.4 Å². The van der Waals surface area contributed by atoms with E-state index < -0.39 is 11.4 Å². The van der Waals surface area contributed by atoms with E-state index in [1.807, 2.05) is 13.8 Å². The van der Waals surface area contributed by atoms with Crippen LogP contribution in [0.15, 0.2) is 11.4 Å². The second kappa shape index (κ2) is 5.37. The first-order chi connectivity index (χ1) is 10.4. The fourth-order valence-electron chi connectivity index (χ4n) is 3.67. The van der Waals surface area contributed by atoms with E-state index in [1.54, 1.807) is 16.2 Å². The zero-order chi connectivity index (χ0) is 16.1. The molecular weight excluding hydrogens is 298 g/mol. The summed E-state index contributed by atoms with van der Waals surface area (Å²) in [5.74, 6) is -0.154. The molecule has 0 bridgehead atoms. The highest BCUT2D eigenvalue weighted by molar-refractivity contribution is 7.10. The summed E-state index contributed by atoms with van der Waals surface area (Å²) in [7, 11) is 0. The number of hydrogen-bond donors (Lipinski definition) is 1. The van der Waals surface area contributed by atoms with Gasteiger partial charge in [0.25, 0.3) is 0 Å². The van der Waals surface area contributed by atoms with E-state index in [9.17, 15) is 14.7 Å². The predicted octanol–water partition coefficient (Wildman–Crippen LogP) is 3.12. The molecule has 2 fully saturated rings. The van der Waals surface area contributed by atoms with Gasteiger partial charge in [-0.2, -0.15) is 0 Å². The van der Waals surface area contributed by atoms with Gasteiger partial charge in [-0.15, -0.1) is 11.3 Å². The molecule has 5 heteroatoms. The largest absolute Gasteiger partial charge is 0.481 e. The van der Waals surface area contributed by atoms with Crippen molar-refractivity contribution in [3.63, 3.8) is 0 Å². The summed E-state index contributed by atoms with van der Waals surface area (Å²) >= 11 is 1.73. The lowest BCUT2D eigenvalue weighted by Crippen LogP contribution is -2.41. The SMILES string of the molecule is Cc1ccsc1C1CC1C(=O)N1CCC(C(=O)O)(C(C)C)C1. The second-order valence-electron chi connectivity index (χ2n) is 7.04. The molecule has 1 aromatic heterocycles. The maximum Gasteiger partial charge on any atom is 0.311 e. The van der Waals surface area contributed by atoms with Gasteiger partial charge in [-0.3, -0.25) is 9.59 Å². The summed E-state index contributed by atoms with van der Waals surface area (Å²) in [5.41, 5.74) is 0.507. The normalized spacial score (nSPS) is 30.8. The summed E-state index contributed by atoms with van der Waals surface area (Å²) in [6.45, 7) is 6.92. The number of aliphatic carboxylic acids is 1. The summed E-state index contributed by atoms with van der Waals surface area (Å²) in [6.07, 6.45) is 1.49. The summed E-state index contributed by atoms with van der Waals surface area (Å²) in [6, 6.07) is 2.10. The Kier molecular flexibility index (Phi) is 3.79. The number of nitrogens with zero attached hydrogens (tertiary/aromatic N) is 1. The molecule has 1 aliphatic heterocycles. The minimum atomic E-state index is -0.765. The van der Waals surface area contributed by atoms with Crippen LogP contribution in [0.5, 0.6) is 0 Å². The third-order valence-corrected chi connectivity index (χ3v) is 6.64. The van der Waals surface area contributed by atoms with Gasteiger partial charge in [0.1, 0.15) is 0 Å². The molecule has 1 aromatic rings. The molecule has 3 rings (SSSR count). The molecule has 22 heavy (non-hydrogen) atoms. The maximum absolute atomic E-state index is 12.7. The quantitative estimate of drug-likeness (QED) is 0.927. The number of carboxylic acid groups (broad SMARTS) is 1. The van der Waals surface area contributed by atoms with Gasteiger partial charge in [0.2, 0.25) is 5.91 Å². The highest BCUT2D eigenvalue weighted by atomic mass is 32.1. The predicted molar refractivity (Wildman–Crippen MR) is 86.0 cm³/mol. The van der Waals surface area contributed by atoms with Crippen LogP contribution in [0.2, 0.25) is 0 Å². The number of aryl methyl sites for hydroxylation is 1. The zero-order valence-corrected chi connectivity index (χ0v) is 14.2. The maximum atomic E-state index is 12.7. The van der Waals surface area contributed by atoms with E-state index in [4.69, 9.17) is 0 Å². The van der Waals surface area contributed by atoms with Crippen LogP contribution >= 0.6 is 11.3 Å². The van der Waals surface area contributed by atoms with Crippen LogP contribution in [0.3, 0.4) is 0 Å². The molecule has 0 spiro atoms. The van der Waals surface area contributed by atoms with E-state index >= 15 is 0 Å². The molecule has 120 valence electrons. The Morgan fingerprint density at radius 2 is 2.18 bits per heavy atom. The minimum Gasteiger partial charge on any atom is -0.481 e. The highest BCUT2D eigenvalue weighted by Crippen LogP contribution is 2.52. The van der Waals surface area contributed by atoms with Crippen LogP contribution in [-0.2, 0) is 9.59 Å². The van der Waals surface area contributed by atoms with Crippen LogP contribution in [0, 0.1) is 24.2 Å². The molecule has 1 aliphatic carbocycles. The summed E-state index contributed by atoms with van der Waals surface area (Å²) < 4.78 is 0. The molecule has 0 aromatic carbocycles. The topological polar surface area (TPSA) is 57.6 Å². The average Bonchev–Trinajstić information content (AvgIpc) is 2.92. The molecule has 2 aliphatic rings. The smallest absolute Gasteiger partial charge is 0.311 e. The van der Waals surface area contributed by atoms with E-state index in [0.29, 0.717) is 25.4 Å². The first-order valence-electron chi connectivity index (χ1n) is 7.93. The van der Waals surface area contributed by atoms with Gasteiger partial charge in [-0.05, 0) is 42.7 Å². The van der Waals surface area contributed by atoms with Crippen molar-refractivity contribution in [1.29, 1.82) is 0 Å². The Morgan fingerprint density at radius 1 is 1.45 bits per heavy atom. The number of carbonyl (C=O) groups is 2. The lowest BCUT2D eigenvalue weighted by molar-refractivity contribution is -0.151. The fraction of sp³-hybridized carbons (Fsp3) is 0.647. The lowest BCUT2D eigenvalue weighted by atomic mass is 9.76. The van der Waals surface area contributed by atoms with Gasteiger partial charge < -0.3 is 10.0 Å². The van der Waals surface area contributed by atoms with Crippen molar-refractivity contribution in [3.05, 3.63) is 21.9 Å². The van der Waals surface area contributed by atoms with Crippen molar-refractivity contribution in [2.45, 2.75) is 39.5 Å². The third-order valence-electron chi connectivity index (χ3n) is 5.49. The van der Waals surface area contributed by atoms with Crippen LogP contribution < -0.4 is 0 Å². The first-order valence-corrected chi connectivity index (χ1v) is 8.81. The number of thiophene rings is 1. The van der Waals surface area contributed by atoms with E-state index in [0.717, 1.165) is 6.42 Å². The summed E-state index contributed by atoms with van der Waals surface area (Å²) in [4.78, 5) is 27.5. The van der Waals surface area contributed by atoms with Gasteiger partial charge in [-0.25, -0.2) is 0 Å². The first kappa shape index (κ1) is 15.5. The molecule has 1 N–H and O–H groups in total. The average molecular weight is 321 g/mol. The van der Waals surface area contributed by atoms with Crippen LogP contribution in [0.1, 0.15) is 43.0 Å². The lowest BCUT2D eigenvalue weighted by Gasteiger charge is -2.28. The van der Waals surface area contributed by atoms with Gasteiger partial charge in [-0.1, -0.05) is 13.8 Å². The van der Waals surface area contributed by atoms with Gasteiger partial charge in [0, 0.05) is 29.8 Å². The Balaban J connectivity index is 1.68. The van der Waals surface area contributed by atoms with Crippen LogP contribution in [0.4, 0.5) is 0 Å². The third kappa shape index (κ3) is 2.35. The number of carbonyl (C=O) groups excluding carboxylic acids is 1. The van der Waals surface area contributed by atoms with Crippen molar-refractivity contribution in [2.24, 2.45) is 17.3 Å². The molecule has 1 saturated heterocycles. The van der Waals surface area contributed by atoms with Crippen molar-refractivity contribution < 1.29 is 14.7 Å². The molecule has 1 saturated carbocycles. The standard InChI is InChI=1S/C17H23NO3S/c1-10(2)17(16(20)21)5-6-18(9-17)15(19)13-8-12(13)14-11(3)4-7-22-14/h4,7,10,12-13H,5-6,8-9H2,1-3H3,(H,20,21). The Labute approximate surface area is 135 Å². The highest BCUT2D eigenvalue weighted by Gasteiger charge is 2.53. The van der Waals surface area contributed by atoms with Gasteiger partial charge >= 0.3 is 5.97 Å². The molecule has 4 nitrogen and oxygen atoms in total. The minimum absolute atomic E-state index is 0.0392. The Morgan fingerprint density at radius 3 is 2.68 bits per heavy atom. The molecule has 3 unspecified atom stereocenters. The Bertz CT molecular complexity index is 609. The van der Waals surface area contributed by atoms with Crippen molar-refractivity contribution >= 4 is 23.2 Å². The van der Waals surface area contributed by atoms with Crippen LogP contribution in [0.25, 0.3) is 0 Å². The molecule has 1 amide bonds. The molecule has 3 atom stereocenters. The fourth-order valence-corrected chi connectivity index (χ4v) is 4.78. The summed E-state index contributed by atoms with van der Waals surface area (Å²) in [5, 5.41) is 11.7. The van der Waals surface area contributed by atoms with Crippen molar-refractivity contribution in [1.82, 2.24) is 4.90 Å². The number of hydrogen-bond acceptors (Lipinski definition) is 3. The van der Waals surface area contributed by atoms with Gasteiger partial charge in [0.15, 0.2) is 0 Å². The van der Waals surface area contributed by atoms with Gasteiger partial charge in [0.05, 0.1) is 5.41 Å². The molecule has 2 heterocycles. The zero-order valence-electron chi connectivity index (χ0n) is 13.3. The van der Waals surface area contributed by atoms with Crippen molar-refractivity contribution in [2.75, 3.05) is 13.1 Å². The number of amides is 1. The monoisotopic (exact) mass is 321 g/mol. The Hall–Kier alpha value is -1.36. The number of rotatable bonds is 4. The number of carboxylic acids is 1. The molecular formula is C17H23NO3S. The molecule has 0 radical (unpaired) electrons. The van der Waals surface area contributed by atoms with Crippen molar-refractivity contribution in [3.8, 4) is 0 Å². The number of likely N-dealkylation sites (tertiary alicyclic amines) is 1. The second-order valence-corrected chi connectivity index (χ2v) is 7.99. The van der Waals surface area contributed by atoms with E-state index in [-0.39, 0.29) is 17.7 Å².